The molecule has 4 aliphatic rings. The van der Waals surface area contributed by atoms with E-state index in [0.717, 1.165) is 49.9 Å². The van der Waals surface area contributed by atoms with Gasteiger partial charge in [-0.25, -0.2) is 9.78 Å². The van der Waals surface area contributed by atoms with Gasteiger partial charge in [0.05, 0.1) is 18.4 Å². The van der Waals surface area contributed by atoms with Crippen molar-refractivity contribution in [3.05, 3.63) is 35.9 Å². The van der Waals surface area contributed by atoms with Gasteiger partial charge in [0.2, 0.25) is 0 Å². The number of aliphatic hydroxyl groups is 2. The highest BCUT2D eigenvalue weighted by Gasteiger charge is 2.66. The van der Waals surface area contributed by atoms with E-state index in [4.69, 9.17) is 9.84 Å². The van der Waals surface area contributed by atoms with Gasteiger partial charge in [0, 0.05) is 61.8 Å². The minimum Gasteiger partial charge on any atom is -0.476 e. The third-order valence-electron chi connectivity index (χ3n) is 9.18. The average Bonchev–Trinajstić information content (AvgIpc) is 3.18. The number of ether oxygens (including phenoxy) is 1. The Kier molecular flexibility index (Phi) is 7.18. The molecular weight excluding hydrogens is 484 g/mol. The summed E-state index contributed by atoms with van der Waals surface area (Å²) in [6.07, 6.45) is 9.97. The van der Waals surface area contributed by atoms with Crippen LogP contribution in [-0.4, -0.2) is 74.6 Å². The summed E-state index contributed by atoms with van der Waals surface area (Å²) in [5.74, 6) is -1.18. The first-order chi connectivity index (χ1) is 18.0. The SMILES string of the molecule is Cc1c(-c2cccnc2C(=O)O)cnn1CC12CC3(C)CC(C)(C1)CC(OCCNCC(CO)CO)(C3)C2. The summed E-state index contributed by atoms with van der Waals surface area (Å²) in [5, 5.41) is 36.3. The van der Waals surface area contributed by atoms with E-state index in [1.54, 1.807) is 18.3 Å². The van der Waals surface area contributed by atoms with Gasteiger partial charge >= 0.3 is 5.97 Å². The van der Waals surface area contributed by atoms with Gasteiger partial charge in [0.15, 0.2) is 5.69 Å². The zero-order valence-electron chi connectivity index (χ0n) is 22.9. The van der Waals surface area contributed by atoms with Gasteiger partial charge in [-0.3, -0.25) is 4.68 Å². The molecule has 0 aromatic carbocycles. The second-order valence-electron chi connectivity index (χ2n) is 13.2. The minimum absolute atomic E-state index is 0.0273. The number of aromatic carboxylic acids is 1. The van der Waals surface area contributed by atoms with Gasteiger partial charge in [-0.15, -0.1) is 0 Å². The topological polar surface area (TPSA) is 130 Å². The number of carboxylic acids is 1. The highest BCUT2D eigenvalue weighted by atomic mass is 16.5. The molecule has 2 atom stereocenters. The molecule has 4 aliphatic carbocycles. The van der Waals surface area contributed by atoms with Crippen LogP contribution in [0.1, 0.15) is 68.6 Å². The number of aromatic nitrogens is 3. The van der Waals surface area contributed by atoms with Crippen molar-refractivity contribution in [3.63, 3.8) is 0 Å². The third kappa shape index (κ3) is 5.13. The Bertz CT molecular complexity index is 1160. The van der Waals surface area contributed by atoms with E-state index in [-0.39, 0.29) is 46.7 Å². The van der Waals surface area contributed by atoms with E-state index in [2.05, 4.69) is 28.8 Å². The Labute approximate surface area is 224 Å². The lowest BCUT2D eigenvalue weighted by Gasteiger charge is -2.69. The maximum atomic E-state index is 11.8. The van der Waals surface area contributed by atoms with Crippen LogP contribution in [0.4, 0.5) is 0 Å². The first-order valence-electron chi connectivity index (χ1n) is 13.8. The van der Waals surface area contributed by atoms with Crippen molar-refractivity contribution in [2.24, 2.45) is 22.2 Å². The molecule has 6 rings (SSSR count). The molecule has 0 spiro atoms. The molecule has 2 aromatic heterocycles. The number of aliphatic hydroxyl groups excluding tert-OH is 2. The van der Waals surface area contributed by atoms with Gasteiger partial charge < -0.3 is 25.4 Å². The lowest BCUT2D eigenvalue weighted by atomic mass is 9.39. The molecule has 208 valence electrons. The highest BCUT2D eigenvalue weighted by Crippen LogP contribution is 2.72. The molecule has 2 aromatic rings. The van der Waals surface area contributed by atoms with E-state index < -0.39 is 5.97 Å². The van der Waals surface area contributed by atoms with Crippen molar-refractivity contribution < 1.29 is 24.9 Å². The molecule has 4 saturated carbocycles. The predicted octanol–water partition coefficient (Wildman–Crippen LogP) is 3.28. The first-order valence-corrected chi connectivity index (χ1v) is 13.8. The van der Waals surface area contributed by atoms with Crippen LogP contribution in [0.3, 0.4) is 0 Å². The molecule has 4 N–H and O–H groups in total. The van der Waals surface area contributed by atoms with Crippen molar-refractivity contribution >= 4 is 5.97 Å². The summed E-state index contributed by atoms with van der Waals surface area (Å²) in [6.45, 7) is 9.49. The maximum Gasteiger partial charge on any atom is 0.355 e. The maximum absolute atomic E-state index is 11.8. The fourth-order valence-electron chi connectivity index (χ4n) is 8.96. The van der Waals surface area contributed by atoms with Crippen LogP contribution in [0.2, 0.25) is 0 Å². The summed E-state index contributed by atoms with van der Waals surface area (Å²) in [6, 6.07) is 3.57. The van der Waals surface area contributed by atoms with E-state index in [9.17, 15) is 20.1 Å². The van der Waals surface area contributed by atoms with Gasteiger partial charge in [-0.05, 0) is 67.8 Å². The quantitative estimate of drug-likeness (QED) is 0.310. The number of nitrogens with zero attached hydrogens (tertiary/aromatic N) is 3. The number of carboxylic acid groups (broad SMARTS) is 1. The fraction of sp³-hybridized carbons (Fsp3) is 0.690. The van der Waals surface area contributed by atoms with Crippen molar-refractivity contribution in [3.8, 4) is 11.1 Å². The Balaban J connectivity index is 1.35. The minimum atomic E-state index is -1.04. The predicted molar refractivity (Wildman–Crippen MR) is 143 cm³/mol. The largest absolute Gasteiger partial charge is 0.476 e. The smallest absolute Gasteiger partial charge is 0.355 e. The second kappa shape index (κ2) is 10.0. The summed E-state index contributed by atoms with van der Waals surface area (Å²) in [5.41, 5.74) is 2.80. The molecule has 9 heteroatoms. The van der Waals surface area contributed by atoms with Crippen molar-refractivity contribution in [2.45, 2.75) is 71.4 Å². The van der Waals surface area contributed by atoms with Crippen molar-refractivity contribution in [1.29, 1.82) is 0 Å². The highest BCUT2D eigenvalue weighted by molar-refractivity contribution is 5.94. The van der Waals surface area contributed by atoms with Crippen LogP contribution in [0, 0.1) is 29.1 Å². The standard InChI is InChI=1S/C29H42N4O5/c1-20-23(22-5-4-6-31-24(22)25(36)37)10-32-33(20)19-28-14-26(2)13-27(3,15-28)17-29(16-26,18-28)38-8-7-30-9-21(11-34)12-35/h4-6,10,21,30,34-35H,7-9,11-19H2,1-3H3,(H,36,37). The molecule has 2 heterocycles. The van der Waals surface area contributed by atoms with Crippen LogP contribution in [0.25, 0.3) is 11.1 Å². The normalized spacial score (nSPS) is 31.8. The second-order valence-corrected chi connectivity index (χ2v) is 13.2. The monoisotopic (exact) mass is 526 g/mol. The number of rotatable bonds is 12. The molecule has 0 amide bonds. The number of hydrogen-bond acceptors (Lipinski definition) is 7. The zero-order valence-corrected chi connectivity index (χ0v) is 22.9. The number of hydrogen-bond donors (Lipinski definition) is 4. The number of nitrogens with one attached hydrogen (secondary N) is 1. The van der Waals surface area contributed by atoms with E-state index in [0.29, 0.717) is 25.3 Å². The number of pyridine rings is 1. The van der Waals surface area contributed by atoms with Crippen LogP contribution in [-0.2, 0) is 11.3 Å². The van der Waals surface area contributed by atoms with Crippen LogP contribution < -0.4 is 5.32 Å². The zero-order chi connectivity index (χ0) is 27.2. The Morgan fingerprint density at radius 1 is 1.11 bits per heavy atom. The molecule has 0 aliphatic heterocycles. The fourth-order valence-corrected chi connectivity index (χ4v) is 8.96. The molecule has 4 fully saturated rings. The lowest BCUT2D eigenvalue weighted by Crippen LogP contribution is -2.64. The average molecular weight is 527 g/mol. The summed E-state index contributed by atoms with van der Waals surface area (Å²) in [4.78, 5) is 15.9. The van der Waals surface area contributed by atoms with Crippen LogP contribution in [0.5, 0.6) is 0 Å². The number of carbonyl (C=O) groups is 1. The molecule has 38 heavy (non-hydrogen) atoms. The molecular formula is C29H42N4O5. The van der Waals surface area contributed by atoms with Gasteiger partial charge in [-0.2, -0.15) is 5.10 Å². The Morgan fingerprint density at radius 3 is 2.47 bits per heavy atom. The van der Waals surface area contributed by atoms with Crippen molar-refractivity contribution in [2.75, 3.05) is 32.9 Å². The Hall–Kier alpha value is -2.33. The molecule has 9 nitrogen and oxygen atoms in total. The van der Waals surface area contributed by atoms with Crippen molar-refractivity contribution in [1.82, 2.24) is 20.1 Å². The molecule has 4 bridgehead atoms. The van der Waals surface area contributed by atoms with Crippen LogP contribution in [0.15, 0.2) is 24.5 Å². The van der Waals surface area contributed by atoms with Crippen LogP contribution >= 0.6 is 0 Å². The summed E-state index contributed by atoms with van der Waals surface area (Å²) in [7, 11) is 0. The van der Waals surface area contributed by atoms with E-state index in [1.807, 2.05) is 6.92 Å². The third-order valence-corrected chi connectivity index (χ3v) is 9.18. The lowest BCUT2D eigenvalue weighted by molar-refractivity contribution is -0.247. The molecule has 2 unspecified atom stereocenters. The van der Waals surface area contributed by atoms with Gasteiger partial charge in [-0.1, -0.05) is 19.9 Å². The van der Waals surface area contributed by atoms with E-state index >= 15 is 0 Å². The summed E-state index contributed by atoms with van der Waals surface area (Å²) < 4.78 is 8.82. The molecule has 0 saturated heterocycles. The first kappa shape index (κ1) is 27.2. The Morgan fingerprint density at radius 2 is 1.82 bits per heavy atom. The van der Waals surface area contributed by atoms with Gasteiger partial charge in [0.1, 0.15) is 0 Å². The van der Waals surface area contributed by atoms with Gasteiger partial charge in [0.25, 0.3) is 0 Å². The summed E-state index contributed by atoms with van der Waals surface area (Å²) >= 11 is 0. The molecule has 0 radical (unpaired) electrons. The van der Waals surface area contributed by atoms with E-state index in [1.165, 1.54) is 12.6 Å².